The molecule has 1 N–H and O–H groups in total. The van der Waals surface area contributed by atoms with Crippen LogP contribution < -0.4 is 5.32 Å². The van der Waals surface area contributed by atoms with Gasteiger partial charge in [-0.1, -0.05) is 0 Å². The summed E-state index contributed by atoms with van der Waals surface area (Å²) in [6, 6.07) is 4.08. The van der Waals surface area contributed by atoms with Crippen molar-refractivity contribution in [1.29, 1.82) is 0 Å². The van der Waals surface area contributed by atoms with E-state index in [-0.39, 0.29) is 5.91 Å². The smallest absolute Gasteiger partial charge is 0.241 e. The minimum Gasteiger partial charge on any atom is -0.374 e. The van der Waals surface area contributed by atoms with Crippen molar-refractivity contribution in [3.63, 3.8) is 0 Å². The summed E-state index contributed by atoms with van der Waals surface area (Å²) in [5, 5.41) is 3.22. The van der Waals surface area contributed by atoms with Gasteiger partial charge in [0.15, 0.2) is 0 Å². The highest BCUT2D eigenvalue weighted by Crippen LogP contribution is 2.32. The van der Waals surface area contributed by atoms with E-state index in [1.807, 2.05) is 24.0 Å². The molecule has 0 saturated carbocycles. The van der Waals surface area contributed by atoms with E-state index in [0.717, 1.165) is 40.6 Å². The summed E-state index contributed by atoms with van der Waals surface area (Å²) < 4.78 is 1.96. The molecule has 104 valence electrons. The SMILES string of the molecule is Cc1cc(Br)c(NCC(=O)N2CCCCC2)c(Br)c1. The lowest BCUT2D eigenvalue weighted by molar-refractivity contribution is -0.130. The van der Waals surface area contributed by atoms with Crippen molar-refractivity contribution in [3.05, 3.63) is 26.6 Å². The predicted molar refractivity (Wildman–Crippen MR) is 85.5 cm³/mol. The fourth-order valence-electron chi connectivity index (χ4n) is 2.29. The summed E-state index contributed by atoms with van der Waals surface area (Å²) in [7, 11) is 0. The van der Waals surface area contributed by atoms with E-state index >= 15 is 0 Å². The lowest BCUT2D eigenvalue weighted by atomic mass is 10.1. The number of carbonyl (C=O) groups excluding carboxylic acids is 1. The number of piperidine rings is 1. The Kier molecular flexibility index (Phi) is 5.28. The maximum absolute atomic E-state index is 12.1. The van der Waals surface area contributed by atoms with Gasteiger partial charge in [0.05, 0.1) is 12.2 Å². The van der Waals surface area contributed by atoms with Crippen LogP contribution in [0.25, 0.3) is 0 Å². The van der Waals surface area contributed by atoms with Gasteiger partial charge in [-0.3, -0.25) is 4.79 Å². The number of halogens is 2. The Hall–Kier alpha value is -0.550. The maximum atomic E-state index is 12.1. The third kappa shape index (κ3) is 3.96. The van der Waals surface area contributed by atoms with Gasteiger partial charge in [-0.25, -0.2) is 0 Å². The molecule has 0 aromatic heterocycles. The minimum atomic E-state index is 0.180. The highest BCUT2D eigenvalue weighted by Gasteiger charge is 2.16. The van der Waals surface area contributed by atoms with Gasteiger partial charge >= 0.3 is 0 Å². The summed E-state index contributed by atoms with van der Waals surface area (Å²) in [5.41, 5.74) is 2.11. The Morgan fingerprint density at radius 3 is 2.37 bits per heavy atom. The molecule has 0 bridgehead atoms. The summed E-state index contributed by atoms with van der Waals surface area (Å²) in [6.45, 7) is 4.19. The Balaban J connectivity index is 1.96. The number of amides is 1. The first-order chi connectivity index (χ1) is 9.08. The first kappa shape index (κ1) is 14.9. The van der Waals surface area contributed by atoms with Crippen LogP contribution in [0.3, 0.4) is 0 Å². The van der Waals surface area contributed by atoms with E-state index in [2.05, 4.69) is 37.2 Å². The van der Waals surface area contributed by atoms with Crippen molar-refractivity contribution < 1.29 is 4.79 Å². The first-order valence-corrected chi connectivity index (χ1v) is 8.14. The molecule has 0 spiro atoms. The fraction of sp³-hybridized carbons (Fsp3) is 0.500. The molecule has 1 aliphatic heterocycles. The van der Waals surface area contributed by atoms with Gasteiger partial charge in [0.1, 0.15) is 0 Å². The minimum absolute atomic E-state index is 0.180. The van der Waals surface area contributed by atoms with Crippen LogP contribution in [0.15, 0.2) is 21.1 Å². The summed E-state index contributed by atoms with van der Waals surface area (Å²) in [5.74, 6) is 0.180. The summed E-state index contributed by atoms with van der Waals surface area (Å²) in [4.78, 5) is 14.0. The fourth-order valence-corrected chi connectivity index (χ4v) is 3.98. The van der Waals surface area contributed by atoms with Gasteiger partial charge in [-0.05, 0) is 75.7 Å². The second-order valence-corrected chi connectivity index (χ2v) is 6.61. The molecule has 0 aliphatic carbocycles. The van der Waals surface area contributed by atoms with Crippen LogP contribution in [0, 0.1) is 6.92 Å². The van der Waals surface area contributed by atoms with Crippen LogP contribution >= 0.6 is 31.9 Å². The van der Waals surface area contributed by atoms with Crippen molar-refractivity contribution in [2.45, 2.75) is 26.2 Å². The predicted octanol–water partition coefficient (Wildman–Crippen LogP) is 3.94. The maximum Gasteiger partial charge on any atom is 0.241 e. The third-order valence-corrected chi connectivity index (χ3v) is 4.56. The van der Waals surface area contributed by atoms with Crippen LogP contribution in [0.1, 0.15) is 24.8 Å². The van der Waals surface area contributed by atoms with Crippen molar-refractivity contribution in [2.75, 3.05) is 25.0 Å². The van der Waals surface area contributed by atoms with Crippen LogP contribution in [0.4, 0.5) is 5.69 Å². The Labute approximate surface area is 131 Å². The van der Waals surface area contributed by atoms with Crippen LogP contribution in [-0.2, 0) is 4.79 Å². The number of aryl methyl sites for hydroxylation is 1. The molecule has 1 aliphatic rings. The Bertz CT molecular complexity index is 448. The molecule has 5 heteroatoms. The lowest BCUT2D eigenvalue weighted by Crippen LogP contribution is -2.39. The number of likely N-dealkylation sites (tertiary alicyclic amines) is 1. The largest absolute Gasteiger partial charge is 0.374 e. The molecule has 2 rings (SSSR count). The van der Waals surface area contributed by atoms with E-state index in [1.165, 1.54) is 12.0 Å². The molecule has 1 amide bonds. The summed E-state index contributed by atoms with van der Waals surface area (Å²) >= 11 is 7.05. The number of rotatable bonds is 3. The number of hydrogen-bond donors (Lipinski definition) is 1. The first-order valence-electron chi connectivity index (χ1n) is 6.55. The zero-order valence-corrected chi connectivity index (χ0v) is 14.2. The molecular weight excluding hydrogens is 372 g/mol. The second-order valence-electron chi connectivity index (χ2n) is 4.90. The lowest BCUT2D eigenvalue weighted by Gasteiger charge is -2.27. The standard InChI is InChI=1S/C14H18Br2N2O/c1-10-7-11(15)14(12(16)8-10)17-9-13(19)18-5-3-2-4-6-18/h7-8,17H,2-6,9H2,1H3. The van der Waals surface area contributed by atoms with Crippen LogP contribution in [0.5, 0.6) is 0 Å². The topological polar surface area (TPSA) is 32.3 Å². The molecule has 1 saturated heterocycles. The molecule has 0 atom stereocenters. The van der Waals surface area contributed by atoms with Crippen molar-refractivity contribution >= 4 is 43.5 Å². The normalized spacial score (nSPS) is 15.4. The van der Waals surface area contributed by atoms with E-state index in [9.17, 15) is 4.79 Å². The van der Waals surface area contributed by atoms with E-state index < -0.39 is 0 Å². The van der Waals surface area contributed by atoms with Crippen molar-refractivity contribution in [1.82, 2.24) is 4.90 Å². The number of nitrogens with one attached hydrogen (secondary N) is 1. The molecule has 0 unspecified atom stereocenters. The molecule has 1 heterocycles. The quantitative estimate of drug-likeness (QED) is 0.848. The third-order valence-electron chi connectivity index (χ3n) is 3.31. The zero-order valence-electron chi connectivity index (χ0n) is 11.0. The van der Waals surface area contributed by atoms with E-state index in [1.54, 1.807) is 0 Å². The highest BCUT2D eigenvalue weighted by molar-refractivity contribution is 9.11. The highest BCUT2D eigenvalue weighted by atomic mass is 79.9. The number of carbonyl (C=O) groups is 1. The van der Waals surface area contributed by atoms with Crippen molar-refractivity contribution in [2.24, 2.45) is 0 Å². The summed E-state index contributed by atoms with van der Waals surface area (Å²) in [6.07, 6.45) is 3.50. The van der Waals surface area contributed by atoms with Crippen LogP contribution in [-0.4, -0.2) is 30.4 Å². The number of anilines is 1. The molecule has 1 aromatic rings. The van der Waals surface area contributed by atoms with E-state index in [0.29, 0.717) is 6.54 Å². The van der Waals surface area contributed by atoms with Gasteiger partial charge < -0.3 is 10.2 Å². The molecular formula is C14H18Br2N2O. The number of nitrogens with zero attached hydrogens (tertiary/aromatic N) is 1. The average Bonchev–Trinajstić information content (AvgIpc) is 2.38. The number of benzene rings is 1. The number of hydrogen-bond acceptors (Lipinski definition) is 2. The Morgan fingerprint density at radius 2 is 1.79 bits per heavy atom. The van der Waals surface area contributed by atoms with Crippen LogP contribution in [0.2, 0.25) is 0 Å². The van der Waals surface area contributed by atoms with Gasteiger partial charge in [0.2, 0.25) is 5.91 Å². The van der Waals surface area contributed by atoms with Gasteiger partial charge in [-0.2, -0.15) is 0 Å². The zero-order chi connectivity index (χ0) is 13.8. The molecule has 1 fully saturated rings. The van der Waals surface area contributed by atoms with E-state index in [4.69, 9.17) is 0 Å². The monoisotopic (exact) mass is 388 g/mol. The average molecular weight is 390 g/mol. The molecule has 0 radical (unpaired) electrons. The second kappa shape index (κ2) is 6.75. The van der Waals surface area contributed by atoms with Gasteiger partial charge in [-0.15, -0.1) is 0 Å². The Morgan fingerprint density at radius 1 is 1.21 bits per heavy atom. The van der Waals surface area contributed by atoms with Crippen molar-refractivity contribution in [3.8, 4) is 0 Å². The molecule has 19 heavy (non-hydrogen) atoms. The van der Waals surface area contributed by atoms with Gasteiger partial charge in [0, 0.05) is 22.0 Å². The molecule has 3 nitrogen and oxygen atoms in total. The van der Waals surface area contributed by atoms with Gasteiger partial charge in [0.25, 0.3) is 0 Å². The molecule has 1 aromatic carbocycles.